The maximum atomic E-state index is 2.39. The minimum absolute atomic E-state index is 0.996. The zero-order chi connectivity index (χ0) is 15.5. The van der Waals surface area contributed by atoms with E-state index in [1.165, 1.54) is 21.9 Å². The summed E-state index contributed by atoms with van der Waals surface area (Å²) in [4.78, 5) is 2.37. The first-order valence-electron chi connectivity index (χ1n) is 7.68. The van der Waals surface area contributed by atoms with Crippen LogP contribution in [0.15, 0.2) is 48.5 Å². The fourth-order valence-corrected chi connectivity index (χ4v) is 3.65. The lowest BCUT2D eigenvalue weighted by atomic mass is 10.1. The Labute approximate surface area is 130 Å². The van der Waals surface area contributed by atoms with E-state index < -0.39 is 8.07 Å². The number of benzene rings is 2. The molecule has 21 heavy (non-hydrogen) atoms. The van der Waals surface area contributed by atoms with Crippen LogP contribution in [0.5, 0.6) is 0 Å². The first kappa shape index (κ1) is 16.0. The average Bonchev–Trinajstić information content (AvgIpc) is 2.41. The molecule has 2 rings (SSSR count). The molecule has 2 aromatic carbocycles. The van der Waals surface area contributed by atoms with Gasteiger partial charge in [-0.2, -0.15) is 0 Å². The summed E-state index contributed by atoms with van der Waals surface area (Å²) in [5.74, 6) is 0. The third-order valence-corrected chi connectivity index (χ3v) is 5.91. The zero-order valence-corrected chi connectivity index (χ0v) is 15.0. The van der Waals surface area contributed by atoms with E-state index in [9.17, 15) is 0 Å². The summed E-state index contributed by atoms with van der Waals surface area (Å²) in [6, 6.07) is 18.0. The minimum Gasteiger partial charge on any atom is -0.298 e. The van der Waals surface area contributed by atoms with Crippen LogP contribution in [-0.4, -0.2) is 20.0 Å². The van der Waals surface area contributed by atoms with Crippen molar-refractivity contribution in [2.45, 2.75) is 39.7 Å². The van der Waals surface area contributed by atoms with E-state index >= 15 is 0 Å². The molecule has 0 aliphatic rings. The number of rotatable bonds is 5. The molecule has 0 spiro atoms. The summed E-state index contributed by atoms with van der Waals surface area (Å²) in [5.41, 5.74) is 4.09. The Kier molecular flexibility index (Phi) is 5.02. The molecular formula is C19H27NSi. The fraction of sp³-hybridized carbons (Fsp3) is 0.368. The van der Waals surface area contributed by atoms with E-state index in [2.05, 4.69) is 87.0 Å². The molecule has 0 radical (unpaired) electrons. The van der Waals surface area contributed by atoms with Crippen LogP contribution in [-0.2, 0) is 13.1 Å². The topological polar surface area (TPSA) is 3.24 Å². The van der Waals surface area contributed by atoms with Crippen molar-refractivity contribution in [1.82, 2.24) is 4.90 Å². The van der Waals surface area contributed by atoms with Gasteiger partial charge in [-0.15, -0.1) is 0 Å². The molecule has 0 unspecified atom stereocenters. The van der Waals surface area contributed by atoms with Crippen molar-refractivity contribution >= 4 is 13.3 Å². The first-order valence-corrected chi connectivity index (χ1v) is 11.2. The maximum absolute atomic E-state index is 2.39. The van der Waals surface area contributed by atoms with Crippen LogP contribution >= 0.6 is 0 Å². The molecule has 2 aromatic rings. The lowest BCUT2D eigenvalue weighted by Gasteiger charge is -2.19. The second kappa shape index (κ2) is 6.59. The molecule has 0 amide bonds. The van der Waals surface area contributed by atoms with Crippen molar-refractivity contribution in [2.24, 2.45) is 0 Å². The molecule has 0 aromatic heterocycles. The molecule has 2 heteroatoms. The molecular weight excluding hydrogens is 270 g/mol. The summed E-state index contributed by atoms with van der Waals surface area (Å²) in [5, 5.41) is 1.53. The van der Waals surface area contributed by atoms with E-state index in [1.807, 2.05) is 0 Å². The van der Waals surface area contributed by atoms with Gasteiger partial charge in [0.15, 0.2) is 0 Å². The van der Waals surface area contributed by atoms with Gasteiger partial charge < -0.3 is 0 Å². The van der Waals surface area contributed by atoms with E-state index in [0.29, 0.717) is 0 Å². The van der Waals surface area contributed by atoms with Crippen molar-refractivity contribution in [1.29, 1.82) is 0 Å². The van der Waals surface area contributed by atoms with Crippen LogP contribution in [0, 0.1) is 6.92 Å². The summed E-state index contributed by atoms with van der Waals surface area (Å²) in [7, 11) is 1.01. The highest BCUT2D eigenvalue weighted by atomic mass is 28.3. The van der Waals surface area contributed by atoms with Crippen molar-refractivity contribution < 1.29 is 0 Å². The van der Waals surface area contributed by atoms with Gasteiger partial charge >= 0.3 is 0 Å². The van der Waals surface area contributed by atoms with Crippen molar-refractivity contribution in [2.75, 3.05) is 7.05 Å². The van der Waals surface area contributed by atoms with Crippen LogP contribution in [0.25, 0.3) is 0 Å². The lowest BCUT2D eigenvalue weighted by molar-refractivity contribution is 0.319. The van der Waals surface area contributed by atoms with Crippen molar-refractivity contribution in [3.63, 3.8) is 0 Å². The Balaban J connectivity index is 1.96. The van der Waals surface area contributed by atoms with Crippen LogP contribution in [0.3, 0.4) is 0 Å². The average molecular weight is 298 g/mol. The normalized spacial score (nSPS) is 11.9. The SMILES string of the molecule is Cc1ccc(CN(C)Cc2ccc([Si](C)(C)C)cc2)cc1. The highest BCUT2D eigenvalue weighted by molar-refractivity contribution is 6.88. The third-order valence-electron chi connectivity index (χ3n) is 3.85. The zero-order valence-electron chi connectivity index (χ0n) is 14.0. The van der Waals surface area contributed by atoms with Gasteiger partial charge in [0.05, 0.1) is 8.07 Å². The molecule has 0 heterocycles. The molecule has 0 saturated heterocycles. The Morgan fingerprint density at radius 1 is 0.762 bits per heavy atom. The standard InChI is InChI=1S/C19H27NSi/c1-16-6-8-17(9-7-16)14-20(2)15-18-10-12-19(13-11-18)21(3,4)5/h6-13H,14-15H2,1-5H3. The number of nitrogens with zero attached hydrogens (tertiary/aromatic N) is 1. The van der Waals surface area contributed by atoms with E-state index in [0.717, 1.165) is 13.1 Å². The van der Waals surface area contributed by atoms with Gasteiger partial charge in [-0.05, 0) is 25.1 Å². The molecule has 0 aliphatic carbocycles. The molecule has 0 aliphatic heterocycles. The molecule has 1 nitrogen and oxygen atoms in total. The summed E-state index contributed by atoms with van der Waals surface area (Å²) >= 11 is 0. The van der Waals surface area contributed by atoms with E-state index in [-0.39, 0.29) is 0 Å². The Morgan fingerprint density at radius 2 is 1.19 bits per heavy atom. The predicted molar refractivity (Wildman–Crippen MR) is 95.8 cm³/mol. The third kappa shape index (κ3) is 4.83. The van der Waals surface area contributed by atoms with Gasteiger partial charge in [0, 0.05) is 13.1 Å². The van der Waals surface area contributed by atoms with Crippen LogP contribution in [0.1, 0.15) is 16.7 Å². The molecule has 0 atom stereocenters. The highest BCUT2D eigenvalue weighted by Crippen LogP contribution is 2.10. The summed E-state index contributed by atoms with van der Waals surface area (Å²) < 4.78 is 0. The maximum Gasteiger partial charge on any atom is 0.0775 e. The van der Waals surface area contributed by atoms with Gasteiger partial charge in [-0.1, -0.05) is 78.9 Å². The highest BCUT2D eigenvalue weighted by Gasteiger charge is 2.15. The second-order valence-corrected chi connectivity index (χ2v) is 12.2. The summed E-state index contributed by atoms with van der Waals surface area (Å²) in [6.45, 7) is 11.3. The van der Waals surface area contributed by atoms with Gasteiger partial charge in [-0.3, -0.25) is 4.90 Å². The first-order chi connectivity index (χ1) is 9.84. The van der Waals surface area contributed by atoms with Crippen molar-refractivity contribution in [3.05, 3.63) is 65.2 Å². The monoisotopic (exact) mass is 297 g/mol. The molecule has 0 bridgehead atoms. The second-order valence-electron chi connectivity index (χ2n) is 7.10. The fourth-order valence-electron chi connectivity index (χ4n) is 2.48. The van der Waals surface area contributed by atoms with E-state index in [1.54, 1.807) is 0 Å². The summed E-state index contributed by atoms with van der Waals surface area (Å²) in [6.07, 6.45) is 0. The van der Waals surface area contributed by atoms with E-state index in [4.69, 9.17) is 0 Å². The molecule has 0 fully saturated rings. The minimum atomic E-state index is -1.18. The molecule has 112 valence electrons. The quantitative estimate of drug-likeness (QED) is 0.749. The Bertz CT molecular complexity index is 564. The van der Waals surface area contributed by atoms with Gasteiger partial charge in [0.2, 0.25) is 0 Å². The number of hydrogen-bond acceptors (Lipinski definition) is 1. The van der Waals surface area contributed by atoms with Crippen LogP contribution in [0.4, 0.5) is 0 Å². The molecule has 0 N–H and O–H groups in total. The lowest BCUT2D eigenvalue weighted by Crippen LogP contribution is -2.37. The Hall–Kier alpha value is -1.38. The van der Waals surface area contributed by atoms with Crippen LogP contribution < -0.4 is 5.19 Å². The van der Waals surface area contributed by atoms with Gasteiger partial charge in [0.1, 0.15) is 0 Å². The number of aryl methyl sites for hydroxylation is 1. The largest absolute Gasteiger partial charge is 0.298 e. The Morgan fingerprint density at radius 3 is 1.62 bits per heavy atom. The molecule has 0 saturated carbocycles. The van der Waals surface area contributed by atoms with Crippen LogP contribution in [0.2, 0.25) is 19.6 Å². The van der Waals surface area contributed by atoms with Gasteiger partial charge in [0.25, 0.3) is 0 Å². The van der Waals surface area contributed by atoms with Gasteiger partial charge in [-0.25, -0.2) is 0 Å². The van der Waals surface area contributed by atoms with Crippen molar-refractivity contribution in [3.8, 4) is 0 Å². The number of hydrogen-bond donors (Lipinski definition) is 0. The predicted octanol–water partition coefficient (Wildman–Crippen LogP) is 4.17. The smallest absolute Gasteiger partial charge is 0.0775 e.